The van der Waals surface area contributed by atoms with E-state index in [0.29, 0.717) is 12.5 Å². The molecule has 3 heteroatoms. The molecule has 0 amide bonds. The summed E-state index contributed by atoms with van der Waals surface area (Å²) in [5, 5.41) is 15.2. The second-order valence-electron chi connectivity index (χ2n) is 7.37. The van der Waals surface area contributed by atoms with E-state index in [9.17, 15) is 5.11 Å². The molecule has 0 saturated carbocycles. The van der Waals surface area contributed by atoms with Crippen LogP contribution >= 0.6 is 13.5 Å². The fourth-order valence-corrected chi connectivity index (χ4v) is 3.56. The number of ether oxygens (including phenoxy) is 1. The van der Waals surface area contributed by atoms with Gasteiger partial charge in [0.2, 0.25) is 0 Å². The van der Waals surface area contributed by atoms with Crippen LogP contribution in [0, 0.1) is 5.92 Å². The van der Waals surface area contributed by atoms with Crippen LogP contribution in [0.5, 0.6) is 11.5 Å². The summed E-state index contributed by atoms with van der Waals surface area (Å²) in [4.78, 5) is 0. The SMILES string of the molecule is CC(C)CCOc1ccc2ccccc2c1-c1c(O)ccc2ccccc12.S. The molecule has 4 rings (SSSR count). The number of hydrogen-bond donors (Lipinski definition) is 1. The van der Waals surface area contributed by atoms with Crippen molar-refractivity contribution < 1.29 is 9.84 Å². The number of fused-ring (bicyclic) bond motifs is 2. The van der Waals surface area contributed by atoms with Gasteiger partial charge in [0.25, 0.3) is 0 Å². The monoisotopic (exact) mass is 390 g/mol. The molecule has 4 aromatic rings. The van der Waals surface area contributed by atoms with Gasteiger partial charge in [-0.05, 0) is 46.0 Å². The van der Waals surface area contributed by atoms with Gasteiger partial charge >= 0.3 is 0 Å². The van der Waals surface area contributed by atoms with Crippen LogP contribution in [-0.2, 0) is 0 Å². The van der Waals surface area contributed by atoms with Gasteiger partial charge in [-0.1, -0.05) is 74.5 Å². The smallest absolute Gasteiger partial charge is 0.127 e. The van der Waals surface area contributed by atoms with Crippen molar-refractivity contribution in [2.45, 2.75) is 20.3 Å². The second-order valence-corrected chi connectivity index (χ2v) is 7.37. The summed E-state index contributed by atoms with van der Waals surface area (Å²) in [6.45, 7) is 5.05. The van der Waals surface area contributed by atoms with E-state index in [1.54, 1.807) is 6.07 Å². The summed E-state index contributed by atoms with van der Waals surface area (Å²) >= 11 is 0. The van der Waals surface area contributed by atoms with E-state index >= 15 is 0 Å². The van der Waals surface area contributed by atoms with Crippen LogP contribution in [0.3, 0.4) is 0 Å². The van der Waals surface area contributed by atoms with E-state index in [1.165, 1.54) is 0 Å². The first-order chi connectivity index (χ1) is 13.1. The highest BCUT2D eigenvalue weighted by molar-refractivity contribution is 7.59. The van der Waals surface area contributed by atoms with Gasteiger partial charge in [0.15, 0.2) is 0 Å². The Morgan fingerprint density at radius 3 is 1.96 bits per heavy atom. The third-order valence-corrected chi connectivity index (χ3v) is 5.00. The first kappa shape index (κ1) is 20.1. The summed E-state index contributed by atoms with van der Waals surface area (Å²) in [6.07, 6.45) is 0.994. The van der Waals surface area contributed by atoms with Crippen LogP contribution in [0.15, 0.2) is 72.8 Å². The van der Waals surface area contributed by atoms with Gasteiger partial charge in [0.05, 0.1) is 6.61 Å². The molecule has 0 unspecified atom stereocenters. The Hall–Kier alpha value is -2.65. The predicted molar refractivity (Wildman–Crippen MR) is 124 cm³/mol. The molecule has 2 nitrogen and oxygen atoms in total. The molecule has 0 atom stereocenters. The maximum Gasteiger partial charge on any atom is 0.127 e. The zero-order chi connectivity index (χ0) is 18.8. The molecular formula is C25H26O2S. The maximum absolute atomic E-state index is 10.8. The van der Waals surface area contributed by atoms with E-state index in [1.807, 2.05) is 36.4 Å². The predicted octanol–water partition coefficient (Wildman–Crippen LogP) is 6.90. The van der Waals surface area contributed by atoms with E-state index in [0.717, 1.165) is 44.8 Å². The molecular weight excluding hydrogens is 364 g/mol. The molecule has 144 valence electrons. The second kappa shape index (κ2) is 8.57. The minimum atomic E-state index is 0. The van der Waals surface area contributed by atoms with Crippen molar-refractivity contribution in [2.24, 2.45) is 5.92 Å². The van der Waals surface area contributed by atoms with E-state index < -0.39 is 0 Å². The van der Waals surface area contributed by atoms with Crippen molar-refractivity contribution >= 4 is 35.0 Å². The lowest BCUT2D eigenvalue weighted by Crippen LogP contribution is -2.03. The molecule has 0 fully saturated rings. The summed E-state index contributed by atoms with van der Waals surface area (Å²) < 4.78 is 6.20. The summed E-state index contributed by atoms with van der Waals surface area (Å²) in [5.74, 6) is 1.68. The molecule has 0 aromatic heterocycles. The number of phenols is 1. The molecule has 0 bridgehead atoms. The first-order valence-corrected chi connectivity index (χ1v) is 9.51. The molecule has 28 heavy (non-hydrogen) atoms. The van der Waals surface area contributed by atoms with Crippen LogP contribution in [0.4, 0.5) is 0 Å². The third kappa shape index (κ3) is 3.81. The minimum Gasteiger partial charge on any atom is -0.507 e. The summed E-state index contributed by atoms with van der Waals surface area (Å²) in [5.41, 5.74) is 1.80. The summed E-state index contributed by atoms with van der Waals surface area (Å²) in [6, 6.07) is 24.3. The lowest BCUT2D eigenvalue weighted by Gasteiger charge is -2.18. The van der Waals surface area contributed by atoms with Gasteiger partial charge in [-0.3, -0.25) is 0 Å². The Kier molecular flexibility index (Phi) is 6.15. The lowest BCUT2D eigenvalue weighted by molar-refractivity contribution is 0.291. The van der Waals surface area contributed by atoms with Crippen LogP contribution in [-0.4, -0.2) is 11.7 Å². The fraction of sp³-hybridized carbons (Fsp3) is 0.200. The quantitative estimate of drug-likeness (QED) is 0.401. The molecule has 0 aliphatic carbocycles. The third-order valence-electron chi connectivity index (χ3n) is 5.00. The van der Waals surface area contributed by atoms with Gasteiger partial charge < -0.3 is 9.84 Å². The van der Waals surface area contributed by atoms with Crippen molar-refractivity contribution in [3.8, 4) is 22.6 Å². The molecule has 0 aliphatic rings. The molecule has 0 heterocycles. The van der Waals surface area contributed by atoms with Gasteiger partial charge in [0, 0.05) is 11.1 Å². The number of hydrogen-bond acceptors (Lipinski definition) is 2. The Labute approximate surface area is 173 Å². The van der Waals surface area contributed by atoms with Gasteiger partial charge in [-0.2, -0.15) is 13.5 Å². The molecule has 0 spiro atoms. The van der Waals surface area contributed by atoms with Crippen molar-refractivity contribution in [1.29, 1.82) is 0 Å². The molecule has 0 aliphatic heterocycles. The number of phenolic OH excluding ortho intramolecular Hbond substituents is 1. The highest BCUT2D eigenvalue weighted by Gasteiger charge is 2.17. The van der Waals surface area contributed by atoms with Crippen LogP contribution in [0.25, 0.3) is 32.7 Å². The zero-order valence-electron chi connectivity index (χ0n) is 16.3. The molecule has 1 N–H and O–H groups in total. The van der Waals surface area contributed by atoms with Crippen LogP contribution in [0.2, 0.25) is 0 Å². The van der Waals surface area contributed by atoms with Gasteiger partial charge in [0.1, 0.15) is 11.5 Å². The van der Waals surface area contributed by atoms with Crippen LogP contribution < -0.4 is 4.74 Å². The Morgan fingerprint density at radius 2 is 1.32 bits per heavy atom. The van der Waals surface area contributed by atoms with Crippen molar-refractivity contribution in [1.82, 2.24) is 0 Å². The zero-order valence-corrected chi connectivity index (χ0v) is 17.3. The standard InChI is InChI=1S/C25H24O2.H2S/c1-17(2)15-16-27-23-14-12-19-8-4-6-10-21(19)25(23)24-20-9-5-3-7-18(20)11-13-22(24)26;/h3-14,17,26H,15-16H2,1-2H3;1H2. The summed E-state index contributed by atoms with van der Waals surface area (Å²) in [7, 11) is 0. The first-order valence-electron chi connectivity index (χ1n) is 9.51. The Bertz CT molecular complexity index is 1100. The van der Waals surface area contributed by atoms with E-state index in [-0.39, 0.29) is 19.2 Å². The topological polar surface area (TPSA) is 29.5 Å². The largest absolute Gasteiger partial charge is 0.507 e. The van der Waals surface area contributed by atoms with Gasteiger partial charge in [-0.15, -0.1) is 0 Å². The maximum atomic E-state index is 10.8. The lowest BCUT2D eigenvalue weighted by atomic mass is 9.92. The van der Waals surface area contributed by atoms with E-state index in [4.69, 9.17) is 4.74 Å². The average molecular weight is 391 g/mol. The molecule has 4 aromatic carbocycles. The average Bonchev–Trinajstić information content (AvgIpc) is 2.68. The molecule has 0 saturated heterocycles. The van der Waals surface area contributed by atoms with Crippen LogP contribution in [0.1, 0.15) is 20.3 Å². The van der Waals surface area contributed by atoms with Crippen molar-refractivity contribution in [3.05, 3.63) is 72.8 Å². The van der Waals surface area contributed by atoms with Crippen molar-refractivity contribution in [2.75, 3.05) is 6.61 Å². The number of aromatic hydroxyl groups is 1. The van der Waals surface area contributed by atoms with Gasteiger partial charge in [-0.25, -0.2) is 0 Å². The Balaban J connectivity index is 0.00000225. The number of rotatable bonds is 5. The minimum absolute atomic E-state index is 0. The highest BCUT2D eigenvalue weighted by Crippen LogP contribution is 2.44. The Morgan fingerprint density at radius 1 is 0.750 bits per heavy atom. The molecule has 0 radical (unpaired) electrons. The highest BCUT2D eigenvalue weighted by atomic mass is 32.1. The van der Waals surface area contributed by atoms with Crippen molar-refractivity contribution in [3.63, 3.8) is 0 Å². The van der Waals surface area contributed by atoms with E-state index in [2.05, 4.69) is 44.2 Å². The normalized spacial score (nSPS) is 11.0. The fourth-order valence-electron chi connectivity index (χ4n) is 3.56. The number of benzene rings is 4.